The molecule has 7 nitrogen and oxygen atoms in total. The van der Waals surface area contributed by atoms with Gasteiger partial charge in [-0.15, -0.1) is 6.42 Å². The number of ether oxygens (including phenoxy) is 4. The van der Waals surface area contributed by atoms with Gasteiger partial charge in [-0.05, 0) is 0 Å². The lowest BCUT2D eigenvalue weighted by molar-refractivity contribution is -0.272. The first-order valence-electron chi connectivity index (χ1n) is 6.39. The summed E-state index contributed by atoms with van der Waals surface area (Å²) in [5.41, 5.74) is 0. The Labute approximate surface area is 122 Å². The summed E-state index contributed by atoms with van der Waals surface area (Å²) in [5.74, 6) is 0.131. The number of carbonyl (C=O) groups excluding carboxylic acids is 3. The summed E-state index contributed by atoms with van der Waals surface area (Å²) >= 11 is 0. The first-order valence-corrected chi connectivity index (χ1v) is 6.39. The molecule has 0 aliphatic carbocycles. The van der Waals surface area contributed by atoms with Crippen molar-refractivity contribution < 1.29 is 33.3 Å². The molecule has 0 aromatic carbocycles. The average Bonchev–Trinajstić information content (AvgIpc) is 2.35. The number of carbonyl (C=O) groups is 3. The van der Waals surface area contributed by atoms with Crippen molar-refractivity contribution in [1.82, 2.24) is 0 Å². The van der Waals surface area contributed by atoms with Crippen LogP contribution in [0.2, 0.25) is 0 Å². The van der Waals surface area contributed by atoms with Crippen LogP contribution in [-0.2, 0) is 33.3 Å². The molecule has 1 fully saturated rings. The molecule has 2 unspecified atom stereocenters. The molecule has 1 aliphatic rings. The van der Waals surface area contributed by atoms with Gasteiger partial charge in [-0.2, -0.15) is 0 Å². The smallest absolute Gasteiger partial charge is 0.305 e. The fraction of sp³-hybridized carbons (Fsp3) is 0.643. The van der Waals surface area contributed by atoms with Gasteiger partial charge in [-0.25, -0.2) is 0 Å². The molecule has 0 aromatic rings. The summed E-state index contributed by atoms with van der Waals surface area (Å²) in [6, 6.07) is 0. The molecule has 5 atom stereocenters. The van der Waals surface area contributed by atoms with Gasteiger partial charge in [0.25, 0.3) is 0 Å². The highest BCUT2D eigenvalue weighted by Gasteiger charge is 2.49. The Kier molecular flexibility index (Phi) is 5.73. The monoisotopic (exact) mass is 298 g/mol. The summed E-state index contributed by atoms with van der Waals surface area (Å²) in [6.07, 6.45) is 1.45. The van der Waals surface area contributed by atoms with Crippen molar-refractivity contribution in [1.29, 1.82) is 0 Å². The van der Waals surface area contributed by atoms with Crippen LogP contribution in [0.15, 0.2) is 0 Å². The highest BCUT2D eigenvalue weighted by atomic mass is 16.7. The van der Waals surface area contributed by atoms with Crippen LogP contribution in [-0.4, -0.2) is 42.5 Å². The molecule has 116 valence electrons. The Morgan fingerprint density at radius 1 is 0.952 bits per heavy atom. The summed E-state index contributed by atoms with van der Waals surface area (Å²) in [6.45, 7) is 5.28. The molecule has 7 heteroatoms. The predicted molar refractivity (Wildman–Crippen MR) is 69.5 cm³/mol. The molecule has 0 amide bonds. The van der Waals surface area contributed by atoms with Crippen molar-refractivity contribution in [3.05, 3.63) is 0 Å². The zero-order valence-corrected chi connectivity index (χ0v) is 12.3. The Hall–Kier alpha value is -2.07. The number of esters is 3. The van der Waals surface area contributed by atoms with E-state index in [0.29, 0.717) is 0 Å². The van der Waals surface area contributed by atoms with Gasteiger partial charge in [0, 0.05) is 26.7 Å². The van der Waals surface area contributed by atoms with Crippen molar-refractivity contribution in [3.63, 3.8) is 0 Å². The fourth-order valence-electron chi connectivity index (χ4n) is 2.10. The Balaban J connectivity index is 3.09. The molecule has 0 N–H and O–H groups in total. The van der Waals surface area contributed by atoms with Crippen LogP contribution in [0.5, 0.6) is 0 Å². The van der Waals surface area contributed by atoms with E-state index in [1.54, 1.807) is 6.92 Å². The minimum atomic E-state index is -1.23. The summed E-state index contributed by atoms with van der Waals surface area (Å²) in [4.78, 5) is 33.6. The highest BCUT2D eigenvalue weighted by Crippen LogP contribution is 2.31. The van der Waals surface area contributed by atoms with E-state index in [-0.39, 0.29) is 0 Å². The van der Waals surface area contributed by atoms with E-state index in [1.165, 1.54) is 20.8 Å². The van der Waals surface area contributed by atoms with Crippen LogP contribution in [0.1, 0.15) is 27.7 Å². The lowest BCUT2D eigenvalue weighted by Gasteiger charge is -2.41. The van der Waals surface area contributed by atoms with Crippen LogP contribution < -0.4 is 0 Å². The zero-order valence-electron chi connectivity index (χ0n) is 12.3. The van der Waals surface area contributed by atoms with Gasteiger partial charge in [0.2, 0.25) is 12.4 Å². The maximum atomic E-state index is 11.2. The molecule has 21 heavy (non-hydrogen) atoms. The quantitative estimate of drug-likeness (QED) is 0.423. The number of hydrogen-bond acceptors (Lipinski definition) is 7. The molecule has 0 radical (unpaired) electrons. The summed E-state index contributed by atoms with van der Waals surface area (Å²) in [5, 5.41) is 0. The average molecular weight is 298 g/mol. The van der Waals surface area contributed by atoms with Crippen LogP contribution >= 0.6 is 0 Å². The number of hydrogen-bond donors (Lipinski definition) is 0. The summed E-state index contributed by atoms with van der Waals surface area (Å²) in [7, 11) is 0. The Bertz CT molecular complexity index is 464. The van der Waals surface area contributed by atoms with Crippen molar-refractivity contribution in [2.24, 2.45) is 5.92 Å². The minimum Gasteiger partial charge on any atom is -0.458 e. The van der Waals surface area contributed by atoms with Gasteiger partial charge >= 0.3 is 17.9 Å². The van der Waals surface area contributed by atoms with Gasteiger partial charge < -0.3 is 18.9 Å². The number of terminal acetylenes is 1. The maximum Gasteiger partial charge on any atom is 0.305 e. The van der Waals surface area contributed by atoms with E-state index in [4.69, 9.17) is 25.4 Å². The lowest BCUT2D eigenvalue weighted by atomic mass is 9.90. The van der Waals surface area contributed by atoms with E-state index in [2.05, 4.69) is 5.92 Å². The largest absolute Gasteiger partial charge is 0.458 e. The van der Waals surface area contributed by atoms with Crippen molar-refractivity contribution in [2.45, 2.75) is 52.3 Å². The van der Waals surface area contributed by atoms with Crippen LogP contribution in [0.3, 0.4) is 0 Å². The third kappa shape index (κ3) is 4.46. The molecule has 0 aromatic heterocycles. The lowest BCUT2D eigenvalue weighted by Crippen LogP contribution is -2.57. The second-order valence-electron chi connectivity index (χ2n) is 4.71. The van der Waals surface area contributed by atoms with E-state index < -0.39 is 48.4 Å². The van der Waals surface area contributed by atoms with Gasteiger partial charge in [-0.1, -0.05) is 12.8 Å². The van der Waals surface area contributed by atoms with Gasteiger partial charge in [0.05, 0.1) is 0 Å². The second-order valence-corrected chi connectivity index (χ2v) is 4.71. The first-order chi connectivity index (χ1) is 9.76. The highest BCUT2D eigenvalue weighted by molar-refractivity contribution is 5.68. The fourth-order valence-corrected chi connectivity index (χ4v) is 2.10. The minimum absolute atomic E-state index is 0.435. The third-order valence-corrected chi connectivity index (χ3v) is 2.92. The molecule has 1 saturated heterocycles. The maximum absolute atomic E-state index is 11.2. The predicted octanol–water partition coefficient (Wildman–Crippen LogP) is 0.407. The molecule has 0 spiro atoms. The standard InChI is InChI=1S/C14H18O7/c1-6-11-7(2)12(18-8(3)15)13(19-9(4)16)14(21-11)20-10(5)17/h1,7,11-14H,2-5H3/t7-,11?,12+,13?,14+/m1/s1. The zero-order chi connectivity index (χ0) is 16.2. The van der Waals surface area contributed by atoms with E-state index in [0.717, 1.165) is 0 Å². The SMILES string of the molecule is C#CC1O[C@H](OC(C)=O)C(OC(C)=O)[C@@H](OC(C)=O)[C@@H]1C. The van der Waals surface area contributed by atoms with E-state index in [9.17, 15) is 14.4 Å². The Morgan fingerprint density at radius 2 is 1.43 bits per heavy atom. The molecule has 0 saturated carbocycles. The molecule has 1 rings (SSSR count). The van der Waals surface area contributed by atoms with Gasteiger partial charge in [0.15, 0.2) is 6.10 Å². The Morgan fingerprint density at radius 3 is 1.86 bits per heavy atom. The van der Waals surface area contributed by atoms with Crippen LogP contribution in [0.25, 0.3) is 0 Å². The van der Waals surface area contributed by atoms with Crippen molar-refractivity contribution in [3.8, 4) is 12.3 Å². The normalized spacial score (nSPS) is 31.7. The van der Waals surface area contributed by atoms with Gasteiger partial charge in [0.1, 0.15) is 6.10 Å². The summed E-state index contributed by atoms with van der Waals surface area (Å²) < 4.78 is 20.7. The van der Waals surface area contributed by atoms with Crippen LogP contribution in [0.4, 0.5) is 0 Å². The van der Waals surface area contributed by atoms with Crippen molar-refractivity contribution in [2.75, 3.05) is 0 Å². The number of rotatable bonds is 3. The molecule has 1 aliphatic heterocycles. The second kappa shape index (κ2) is 7.09. The molecule has 1 heterocycles. The topological polar surface area (TPSA) is 88.1 Å². The molecular formula is C14H18O7. The van der Waals surface area contributed by atoms with Gasteiger partial charge in [-0.3, -0.25) is 14.4 Å². The molecular weight excluding hydrogens is 280 g/mol. The third-order valence-electron chi connectivity index (χ3n) is 2.92. The molecule has 0 bridgehead atoms. The first kappa shape index (κ1) is 17.0. The van der Waals surface area contributed by atoms with Crippen LogP contribution in [0, 0.1) is 18.3 Å². The van der Waals surface area contributed by atoms with Crippen molar-refractivity contribution >= 4 is 17.9 Å². The van der Waals surface area contributed by atoms with E-state index >= 15 is 0 Å². The van der Waals surface area contributed by atoms with E-state index in [1.807, 2.05) is 0 Å².